The number of aromatic nitrogens is 3. The van der Waals surface area contributed by atoms with Gasteiger partial charge in [0.05, 0.1) is 18.3 Å². The van der Waals surface area contributed by atoms with Gasteiger partial charge in [-0.05, 0) is 12.8 Å². The summed E-state index contributed by atoms with van der Waals surface area (Å²) in [5, 5.41) is 22.0. The van der Waals surface area contributed by atoms with E-state index in [0.29, 0.717) is 0 Å². The van der Waals surface area contributed by atoms with Gasteiger partial charge in [-0.15, -0.1) is 0 Å². The lowest BCUT2D eigenvalue weighted by Gasteiger charge is -2.36. The van der Waals surface area contributed by atoms with E-state index in [2.05, 4.69) is 20.7 Å². The van der Waals surface area contributed by atoms with Crippen LogP contribution < -0.4 is 5.32 Å². The first-order chi connectivity index (χ1) is 7.76. The van der Waals surface area contributed by atoms with Crippen molar-refractivity contribution >= 4 is 5.91 Å². The number of aliphatic hydroxyl groups is 1. The zero-order valence-electron chi connectivity index (χ0n) is 9.07. The molecule has 1 fully saturated rings. The fraction of sp³-hybridized carbons (Fsp3) is 0.700. The quantitative estimate of drug-likeness (QED) is 0.685. The third kappa shape index (κ3) is 2.21. The van der Waals surface area contributed by atoms with Crippen LogP contribution in [0.25, 0.3) is 0 Å². The van der Waals surface area contributed by atoms with Crippen LogP contribution in [0.15, 0.2) is 6.20 Å². The second-order valence-electron chi connectivity index (χ2n) is 4.31. The van der Waals surface area contributed by atoms with Crippen molar-refractivity contribution in [1.82, 2.24) is 20.7 Å². The van der Waals surface area contributed by atoms with Gasteiger partial charge in [-0.2, -0.15) is 15.4 Å². The minimum absolute atomic E-state index is 0.0173. The Hall–Kier alpha value is -1.43. The Kier molecular flexibility index (Phi) is 3.19. The molecule has 0 atom stereocenters. The van der Waals surface area contributed by atoms with E-state index in [1.807, 2.05) is 0 Å². The Bertz CT molecular complexity index is 344. The van der Waals surface area contributed by atoms with E-state index in [1.165, 1.54) is 12.6 Å². The molecule has 1 aliphatic rings. The first-order valence-electron chi connectivity index (χ1n) is 5.55. The molecule has 2 rings (SSSR count). The van der Waals surface area contributed by atoms with Crippen molar-refractivity contribution in [3.8, 4) is 0 Å². The summed E-state index contributed by atoms with van der Waals surface area (Å²) in [5.74, 6) is -0.273. The average molecular weight is 224 g/mol. The summed E-state index contributed by atoms with van der Waals surface area (Å²) in [6.07, 6.45) is 6.28. The van der Waals surface area contributed by atoms with Crippen molar-refractivity contribution in [3.63, 3.8) is 0 Å². The molecule has 3 N–H and O–H groups in total. The van der Waals surface area contributed by atoms with Crippen LogP contribution in [0, 0.1) is 0 Å². The molecular weight excluding hydrogens is 208 g/mol. The Morgan fingerprint density at radius 3 is 2.81 bits per heavy atom. The number of amides is 1. The minimum Gasteiger partial charge on any atom is -0.394 e. The number of carbonyl (C=O) groups excluding carboxylic acids is 1. The predicted octanol–water partition coefficient (Wildman–Crippen LogP) is 0.230. The van der Waals surface area contributed by atoms with Gasteiger partial charge in [0.15, 0.2) is 5.69 Å². The van der Waals surface area contributed by atoms with Crippen molar-refractivity contribution in [2.45, 2.75) is 37.6 Å². The molecule has 88 valence electrons. The number of nitrogens with zero attached hydrogens (tertiary/aromatic N) is 2. The zero-order chi connectivity index (χ0) is 11.4. The zero-order valence-corrected chi connectivity index (χ0v) is 9.07. The predicted molar refractivity (Wildman–Crippen MR) is 56.8 cm³/mol. The Balaban J connectivity index is 2.03. The molecule has 1 heterocycles. The maximum absolute atomic E-state index is 11.8. The second kappa shape index (κ2) is 4.61. The molecule has 1 aromatic rings. The van der Waals surface area contributed by atoms with Crippen LogP contribution in [0.4, 0.5) is 0 Å². The number of carbonyl (C=O) groups is 1. The highest BCUT2D eigenvalue weighted by molar-refractivity contribution is 5.92. The lowest BCUT2D eigenvalue weighted by atomic mass is 9.82. The molecule has 6 heteroatoms. The summed E-state index contributed by atoms with van der Waals surface area (Å²) in [5.41, 5.74) is -0.202. The molecule has 1 aliphatic carbocycles. The Labute approximate surface area is 93.4 Å². The summed E-state index contributed by atoms with van der Waals surface area (Å²) in [4.78, 5) is 11.8. The van der Waals surface area contributed by atoms with Crippen LogP contribution in [0.3, 0.4) is 0 Å². The molecule has 0 radical (unpaired) electrons. The minimum atomic E-state index is -0.464. The summed E-state index contributed by atoms with van der Waals surface area (Å²) >= 11 is 0. The summed E-state index contributed by atoms with van der Waals surface area (Å²) in [6.45, 7) is -0.0173. The maximum Gasteiger partial charge on any atom is 0.273 e. The van der Waals surface area contributed by atoms with Gasteiger partial charge in [-0.25, -0.2) is 0 Å². The molecule has 0 aliphatic heterocycles. The maximum atomic E-state index is 11.8. The molecule has 1 saturated carbocycles. The van der Waals surface area contributed by atoms with E-state index in [1.54, 1.807) is 0 Å². The number of aliphatic hydroxyl groups excluding tert-OH is 1. The standard InChI is InChI=1S/C10H16N4O2/c15-7-10(4-2-1-3-5-10)12-9(16)8-6-11-14-13-8/h6,15H,1-5,7H2,(H,12,16)(H,11,13,14). The SMILES string of the molecule is O=C(NC1(CO)CCCCC1)c1cn[nH]n1. The smallest absolute Gasteiger partial charge is 0.273 e. The molecule has 0 saturated heterocycles. The van der Waals surface area contributed by atoms with Crippen molar-refractivity contribution in [2.75, 3.05) is 6.61 Å². The normalized spacial score (nSPS) is 19.3. The lowest BCUT2D eigenvalue weighted by Crippen LogP contribution is -2.52. The van der Waals surface area contributed by atoms with Crippen LogP contribution in [0.1, 0.15) is 42.6 Å². The van der Waals surface area contributed by atoms with Gasteiger partial charge in [0.2, 0.25) is 0 Å². The third-order valence-corrected chi connectivity index (χ3v) is 3.14. The summed E-state index contributed by atoms with van der Waals surface area (Å²) in [7, 11) is 0. The summed E-state index contributed by atoms with van der Waals surface area (Å²) in [6, 6.07) is 0. The molecule has 0 unspecified atom stereocenters. The van der Waals surface area contributed by atoms with Crippen molar-refractivity contribution in [3.05, 3.63) is 11.9 Å². The fourth-order valence-electron chi connectivity index (χ4n) is 2.17. The molecular formula is C10H16N4O2. The highest BCUT2D eigenvalue weighted by Gasteiger charge is 2.33. The van der Waals surface area contributed by atoms with Gasteiger partial charge in [0.1, 0.15) is 0 Å². The molecule has 16 heavy (non-hydrogen) atoms. The number of hydrogen-bond acceptors (Lipinski definition) is 4. The first kappa shape index (κ1) is 11.1. The van der Waals surface area contributed by atoms with Crippen molar-refractivity contribution in [2.24, 2.45) is 0 Å². The van der Waals surface area contributed by atoms with E-state index in [9.17, 15) is 9.90 Å². The van der Waals surface area contributed by atoms with Crippen LogP contribution in [-0.2, 0) is 0 Å². The molecule has 0 bridgehead atoms. The fourth-order valence-corrected chi connectivity index (χ4v) is 2.17. The number of H-pyrrole nitrogens is 1. The molecule has 6 nitrogen and oxygen atoms in total. The van der Waals surface area contributed by atoms with Gasteiger partial charge < -0.3 is 10.4 Å². The van der Waals surface area contributed by atoms with Gasteiger partial charge in [-0.1, -0.05) is 19.3 Å². The third-order valence-electron chi connectivity index (χ3n) is 3.14. The van der Waals surface area contributed by atoms with Crippen LogP contribution in [0.5, 0.6) is 0 Å². The number of aromatic amines is 1. The van der Waals surface area contributed by atoms with Gasteiger partial charge >= 0.3 is 0 Å². The highest BCUT2D eigenvalue weighted by Crippen LogP contribution is 2.27. The number of hydrogen-bond donors (Lipinski definition) is 3. The van der Waals surface area contributed by atoms with Crippen molar-refractivity contribution in [1.29, 1.82) is 0 Å². The largest absolute Gasteiger partial charge is 0.394 e. The van der Waals surface area contributed by atoms with E-state index in [0.717, 1.165) is 25.7 Å². The molecule has 1 aromatic heterocycles. The van der Waals surface area contributed by atoms with Crippen LogP contribution >= 0.6 is 0 Å². The Morgan fingerprint density at radius 1 is 1.50 bits per heavy atom. The monoisotopic (exact) mass is 224 g/mol. The van der Waals surface area contributed by atoms with Gasteiger partial charge in [-0.3, -0.25) is 4.79 Å². The Morgan fingerprint density at radius 2 is 2.25 bits per heavy atom. The van der Waals surface area contributed by atoms with E-state index in [4.69, 9.17) is 0 Å². The van der Waals surface area contributed by atoms with Crippen LogP contribution in [-0.4, -0.2) is 38.6 Å². The first-order valence-corrected chi connectivity index (χ1v) is 5.55. The second-order valence-corrected chi connectivity index (χ2v) is 4.31. The van der Waals surface area contributed by atoms with Crippen molar-refractivity contribution < 1.29 is 9.90 Å². The van der Waals surface area contributed by atoms with Gasteiger partial charge in [0, 0.05) is 0 Å². The van der Waals surface area contributed by atoms with E-state index >= 15 is 0 Å². The summed E-state index contributed by atoms with van der Waals surface area (Å²) < 4.78 is 0. The topological polar surface area (TPSA) is 90.9 Å². The highest BCUT2D eigenvalue weighted by atomic mass is 16.3. The molecule has 1 amide bonds. The lowest BCUT2D eigenvalue weighted by molar-refractivity contribution is 0.0754. The molecule has 0 spiro atoms. The van der Waals surface area contributed by atoms with Crippen LogP contribution in [0.2, 0.25) is 0 Å². The number of rotatable bonds is 3. The average Bonchev–Trinajstić information content (AvgIpc) is 2.84. The van der Waals surface area contributed by atoms with E-state index < -0.39 is 5.54 Å². The van der Waals surface area contributed by atoms with E-state index in [-0.39, 0.29) is 18.2 Å². The molecule has 0 aromatic carbocycles. The van der Waals surface area contributed by atoms with Gasteiger partial charge in [0.25, 0.3) is 5.91 Å². The number of nitrogens with one attached hydrogen (secondary N) is 2.